The van der Waals surface area contributed by atoms with E-state index in [0.717, 1.165) is 0 Å². The lowest BCUT2D eigenvalue weighted by Crippen LogP contribution is -2.36. The number of hydrogen-bond donors (Lipinski definition) is 0. The first-order valence-corrected chi connectivity index (χ1v) is 8.73. The van der Waals surface area contributed by atoms with Gasteiger partial charge in [0.05, 0.1) is 18.1 Å². The molecule has 0 spiro atoms. The molecule has 0 aliphatic carbocycles. The summed E-state index contributed by atoms with van der Waals surface area (Å²) in [6.45, 7) is 5.19. The van der Waals surface area contributed by atoms with Crippen LogP contribution in [-0.4, -0.2) is 18.7 Å². The summed E-state index contributed by atoms with van der Waals surface area (Å²) in [5, 5.41) is 0.778. The second-order valence-corrected chi connectivity index (χ2v) is 7.29. The van der Waals surface area contributed by atoms with Crippen LogP contribution in [0, 0.1) is 0 Å². The number of fused-ring (bicyclic) bond motifs is 3. The van der Waals surface area contributed by atoms with E-state index in [1.54, 1.807) is 24.3 Å². The van der Waals surface area contributed by atoms with Gasteiger partial charge in [0, 0.05) is 19.4 Å². The van der Waals surface area contributed by atoms with Crippen molar-refractivity contribution in [3.05, 3.63) is 46.1 Å². The Morgan fingerprint density at radius 2 is 1.96 bits per heavy atom. The van der Waals surface area contributed by atoms with Crippen molar-refractivity contribution >= 4 is 27.9 Å². The molecule has 0 bridgehead atoms. The molecule has 6 heteroatoms. The second kappa shape index (κ2) is 6.01. The standard InChI is InChI=1S/C21H20O6/c1-11(22)25-16-10-21(2,3)27-15-9-14-18(20(24-4)17(15)16)19(23)12-7-5-6-8-13(12)26-14/h5-9,16H,10H2,1-4H3. The van der Waals surface area contributed by atoms with Crippen molar-refractivity contribution < 1.29 is 23.4 Å². The summed E-state index contributed by atoms with van der Waals surface area (Å²) in [7, 11) is 1.48. The van der Waals surface area contributed by atoms with Gasteiger partial charge in [0.2, 0.25) is 5.43 Å². The van der Waals surface area contributed by atoms with Crippen LogP contribution in [0.5, 0.6) is 11.5 Å². The second-order valence-electron chi connectivity index (χ2n) is 7.29. The topological polar surface area (TPSA) is 75.0 Å². The average molecular weight is 368 g/mol. The van der Waals surface area contributed by atoms with Crippen molar-refractivity contribution in [3.8, 4) is 11.5 Å². The maximum atomic E-state index is 13.1. The molecule has 140 valence electrons. The molecule has 3 aromatic rings. The number of rotatable bonds is 2. The van der Waals surface area contributed by atoms with Crippen molar-refractivity contribution in [1.29, 1.82) is 0 Å². The number of ether oxygens (including phenoxy) is 3. The van der Waals surface area contributed by atoms with Crippen LogP contribution in [0.1, 0.15) is 38.9 Å². The predicted octanol–water partition coefficient (Wildman–Crippen LogP) is 4.12. The molecule has 1 atom stereocenters. The quantitative estimate of drug-likeness (QED) is 0.500. The van der Waals surface area contributed by atoms with Crippen molar-refractivity contribution in [2.75, 3.05) is 7.11 Å². The molecule has 0 saturated carbocycles. The zero-order valence-electron chi connectivity index (χ0n) is 15.6. The first-order valence-electron chi connectivity index (χ1n) is 8.73. The van der Waals surface area contributed by atoms with E-state index in [-0.39, 0.29) is 5.43 Å². The smallest absolute Gasteiger partial charge is 0.303 e. The molecule has 2 heterocycles. The minimum Gasteiger partial charge on any atom is -0.495 e. The van der Waals surface area contributed by atoms with E-state index in [9.17, 15) is 9.59 Å². The highest BCUT2D eigenvalue weighted by molar-refractivity contribution is 5.95. The number of benzene rings is 2. The van der Waals surface area contributed by atoms with Gasteiger partial charge in [-0.15, -0.1) is 0 Å². The van der Waals surface area contributed by atoms with Crippen LogP contribution in [0.4, 0.5) is 0 Å². The van der Waals surface area contributed by atoms with Crippen LogP contribution in [-0.2, 0) is 9.53 Å². The molecule has 27 heavy (non-hydrogen) atoms. The van der Waals surface area contributed by atoms with Crippen LogP contribution in [0.2, 0.25) is 0 Å². The van der Waals surface area contributed by atoms with E-state index < -0.39 is 17.7 Å². The molecule has 0 fully saturated rings. The molecule has 1 aliphatic rings. The number of esters is 1. The molecule has 1 aromatic heterocycles. The highest BCUT2D eigenvalue weighted by Crippen LogP contribution is 2.48. The lowest BCUT2D eigenvalue weighted by atomic mass is 9.89. The number of carbonyl (C=O) groups excluding carboxylic acids is 1. The summed E-state index contributed by atoms with van der Waals surface area (Å²) in [5.74, 6) is 0.403. The molecule has 6 nitrogen and oxygen atoms in total. The predicted molar refractivity (Wildman–Crippen MR) is 100 cm³/mol. The van der Waals surface area contributed by atoms with Gasteiger partial charge in [0.15, 0.2) is 0 Å². The van der Waals surface area contributed by atoms with Gasteiger partial charge in [-0.3, -0.25) is 9.59 Å². The Labute approximate surface area is 155 Å². The van der Waals surface area contributed by atoms with E-state index in [2.05, 4.69) is 0 Å². The van der Waals surface area contributed by atoms with E-state index in [1.165, 1.54) is 14.0 Å². The third kappa shape index (κ3) is 2.81. The van der Waals surface area contributed by atoms with Crippen molar-refractivity contribution in [1.82, 2.24) is 0 Å². The highest BCUT2D eigenvalue weighted by atomic mass is 16.6. The Morgan fingerprint density at radius 1 is 1.22 bits per heavy atom. The fourth-order valence-electron chi connectivity index (χ4n) is 3.71. The fourth-order valence-corrected chi connectivity index (χ4v) is 3.71. The maximum absolute atomic E-state index is 13.1. The number of methoxy groups -OCH3 is 1. The zero-order chi connectivity index (χ0) is 19.3. The van der Waals surface area contributed by atoms with Crippen molar-refractivity contribution in [2.24, 2.45) is 0 Å². The van der Waals surface area contributed by atoms with E-state index in [4.69, 9.17) is 18.6 Å². The van der Waals surface area contributed by atoms with Gasteiger partial charge >= 0.3 is 5.97 Å². The monoisotopic (exact) mass is 368 g/mol. The van der Waals surface area contributed by atoms with Gasteiger partial charge in [0.1, 0.15) is 39.8 Å². The van der Waals surface area contributed by atoms with E-state index >= 15 is 0 Å². The Kier molecular flexibility index (Phi) is 3.87. The Morgan fingerprint density at radius 3 is 2.67 bits per heavy atom. The summed E-state index contributed by atoms with van der Waals surface area (Å²) < 4.78 is 23.2. The van der Waals surface area contributed by atoms with Crippen LogP contribution in [0.15, 0.2) is 39.5 Å². The molecule has 0 amide bonds. The average Bonchev–Trinajstić information content (AvgIpc) is 2.58. The first kappa shape index (κ1) is 17.4. The third-order valence-corrected chi connectivity index (χ3v) is 4.72. The number of hydrogen-bond acceptors (Lipinski definition) is 6. The van der Waals surface area contributed by atoms with Gasteiger partial charge < -0.3 is 18.6 Å². The van der Waals surface area contributed by atoms with E-state index in [0.29, 0.717) is 45.4 Å². The zero-order valence-corrected chi connectivity index (χ0v) is 15.6. The van der Waals surface area contributed by atoms with Gasteiger partial charge in [-0.05, 0) is 26.0 Å². The lowest BCUT2D eigenvalue weighted by molar-refractivity contribution is -0.150. The Hall–Kier alpha value is -3.02. The van der Waals surface area contributed by atoms with Crippen LogP contribution < -0.4 is 14.9 Å². The van der Waals surface area contributed by atoms with Crippen molar-refractivity contribution in [3.63, 3.8) is 0 Å². The SMILES string of the molecule is COc1c2c(cc3oc4ccccc4c(=O)c13)OC(C)(C)CC2OC(C)=O. The first-order chi connectivity index (χ1) is 12.8. The minimum atomic E-state index is -0.577. The summed E-state index contributed by atoms with van der Waals surface area (Å²) in [6, 6.07) is 8.72. The van der Waals surface area contributed by atoms with Gasteiger partial charge in [-0.25, -0.2) is 0 Å². The van der Waals surface area contributed by atoms with Crippen LogP contribution in [0.3, 0.4) is 0 Å². The molecular formula is C21H20O6. The number of carbonyl (C=O) groups is 1. The van der Waals surface area contributed by atoms with Gasteiger partial charge in [-0.2, -0.15) is 0 Å². The van der Waals surface area contributed by atoms with Crippen molar-refractivity contribution in [2.45, 2.75) is 38.9 Å². The minimum absolute atomic E-state index is 0.196. The maximum Gasteiger partial charge on any atom is 0.303 e. The molecular weight excluding hydrogens is 348 g/mol. The van der Waals surface area contributed by atoms with Gasteiger partial charge in [0.25, 0.3) is 0 Å². The summed E-state index contributed by atoms with van der Waals surface area (Å²) >= 11 is 0. The number of para-hydroxylation sites is 1. The molecule has 0 N–H and O–H groups in total. The van der Waals surface area contributed by atoms with Gasteiger partial charge in [-0.1, -0.05) is 12.1 Å². The molecule has 2 aromatic carbocycles. The van der Waals surface area contributed by atoms with Crippen LogP contribution in [0.25, 0.3) is 21.9 Å². The third-order valence-electron chi connectivity index (χ3n) is 4.72. The normalized spacial score (nSPS) is 18.0. The molecule has 0 saturated heterocycles. The summed E-state index contributed by atoms with van der Waals surface area (Å²) in [6.07, 6.45) is -0.133. The largest absolute Gasteiger partial charge is 0.495 e. The molecule has 4 rings (SSSR count). The van der Waals surface area contributed by atoms with Crippen LogP contribution >= 0.6 is 0 Å². The van der Waals surface area contributed by atoms with E-state index in [1.807, 2.05) is 19.9 Å². The molecule has 1 unspecified atom stereocenters. The molecule has 1 aliphatic heterocycles. The Bertz CT molecular complexity index is 1120. The highest BCUT2D eigenvalue weighted by Gasteiger charge is 2.39. The summed E-state index contributed by atoms with van der Waals surface area (Å²) in [5.41, 5.74) is 0.667. The fraction of sp³-hybridized carbons (Fsp3) is 0.333. The molecule has 0 radical (unpaired) electrons. The summed E-state index contributed by atoms with van der Waals surface area (Å²) in [4.78, 5) is 24.8. The Balaban J connectivity index is 2.10. The lowest BCUT2D eigenvalue weighted by Gasteiger charge is -2.37.